The van der Waals surface area contributed by atoms with E-state index in [4.69, 9.17) is 9.52 Å². The van der Waals surface area contributed by atoms with Crippen LogP contribution in [0.15, 0.2) is 84.1 Å². The first kappa shape index (κ1) is 19.0. The Morgan fingerprint density at radius 2 is 1.87 bits per heavy atom. The Bertz CT molecular complexity index is 1260. The fourth-order valence-corrected chi connectivity index (χ4v) is 3.35. The molecular formula is C23H21N7O. The molecule has 1 N–H and O–H groups in total. The molecule has 0 atom stereocenters. The van der Waals surface area contributed by atoms with Crippen molar-refractivity contribution in [2.45, 2.75) is 20.0 Å². The van der Waals surface area contributed by atoms with E-state index in [9.17, 15) is 0 Å². The molecule has 0 saturated heterocycles. The van der Waals surface area contributed by atoms with Crippen LogP contribution in [0.4, 0.5) is 0 Å². The van der Waals surface area contributed by atoms with Gasteiger partial charge in [0.15, 0.2) is 11.6 Å². The van der Waals surface area contributed by atoms with E-state index in [1.165, 1.54) is 6.33 Å². The molecule has 0 saturated carbocycles. The molecule has 5 rings (SSSR count). The average Bonchev–Trinajstić information content (AvgIpc) is 3.56. The van der Waals surface area contributed by atoms with Crippen LogP contribution in [0.3, 0.4) is 0 Å². The normalized spacial score (nSPS) is 11.1. The molecule has 0 aliphatic carbocycles. The summed E-state index contributed by atoms with van der Waals surface area (Å²) in [5, 5.41) is 12.4. The first-order valence-electron chi connectivity index (χ1n) is 9.98. The van der Waals surface area contributed by atoms with Gasteiger partial charge in [0.2, 0.25) is 0 Å². The molecule has 0 aliphatic rings. The molecule has 5 aromatic rings. The van der Waals surface area contributed by atoms with Gasteiger partial charge >= 0.3 is 0 Å². The lowest BCUT2D eigenvalue weighted by Crippen LogP contribution is -2.13. The summed E-state index contributed by atoms with van der Waals surface area (Å²) >= 11 is 0. The quantitative estimate of drug-likeness (QED) is 0.439. The molecule has 154 valence electrons. The third-order valence-corrected chi connectivity index (χ3v) is 4.89. The molecule has 8 heteroatoms. The molecule has 0 unspecified atom stereocenters. The number of aryl methyl sites for hydroxylation is 1. The molecule has 0 amide bonds. The van der Waals surface area contributed by atoms with E-state index in [1.54, 1.807) is 11.0 Å². The minimum atomic E-state index is 0.646. The second-order valence-electron chi connectivity index (χ2n) is 7.16. The highest BCUT2D eigenvalue weighted by Gasteiger charge is 2.15. The summed E-state index contributed by atoms with van der Waals surface area (Å²) in [4.78, 5) is 8.39. The number of hydrogen-bond donors (Lipinski definition) is 1. The molecule has 31 heavy (non-hydrogen) atoms. The van der Waals surface area contributed by atoms with Crippen LogP contribution < -0.4 is 5.32 Å². The van der Waals surface area contributed by atoms with Crippen molar-refractivity contribution in [1.82, 2.24) is 34.8 Å². The van der Waals surface area contributed by atoms with E-state index in [0.29, 0.717) is 13.1 Å². The zero-order chi connectivity index (χ0) is 21.0. The van der Waals surface area contributed by atoms with Gasteiger partial charge in [0.05, 0.1) is 5.69 Å². The van der Waals surface area contributed by atoms with E-state index >= 15 is 0 Å². The van der Waals surface area contributed by atoms with Gasteiger partial charge in [-0.05, 0) is 42.8 Å². The van der Waals surface area contributed by atoms with Crippen LogP contribution in [0.2, 0.25) is 0 Å². The van der Waals surface area contributed by atoms with Gasteiger partial charge in [-0.2, -0.15) is 10.2 Å². The van der Waals surface area contributed by atoms with Crippen LogP contribution in [0.5, 0.6) is 0 Å². The average molecular weight is 411 g/mol. The topological polar surface area (TPSA) is 86.6 Å². The summed E-state index contributed by atoms with van der Waals surface area (Å²) in [5.74, 6) is 2.37. The smallest absolute Gasteiger partial charge is 0.155 e. The Morgan fingerprint density at radius 3 is 2.58 bits per heavy atom. The van der Waals surface area contributed by atoms with Gasteiger partial charge < -0.3 is 9.73 Å². The number of nitrogens with one attached hydrogen (secondary N) is 1. The fourth-order valence-electron chi connectivity index (χ4n) is 3.35. The van der Waals surface area contributed by atoms with Crippen LogP contribution >= 0.6 is 0 Å². The highest BCUT2D eigenvalue weighted by Crippen LogP contribution is 2.25. The summed E-state index contributed by atoms with van der Waals surface area (Å²) in [6.07, 6.45) is 7.00. The zero-order valence-electron chi connectivity index (χ0n) is 17.0. The van der Waals surface area contributed by atoms with Gasteiger partial charge in [-0.1, -0.05) is 24.3 Å². The molecule has 0 aliphatic heterocycles. The standard InChI is InChI=1S/C23H21N7O/c1-17-7-9-21(31-17)23-19(14-29(28-23)20-5-3-2-4-6-20)13-24-11-18-8-10-22(26-12-18)30-16-25-15-27-30/h2-10,12,14-16,24H,11,13H2,1H3. The summed E-state index contributed by atoms with van der Waals surface area (Å²) in [6, 6.07) is 17.9. The van der Waals surface area contributed by atoms with Crippen molar-refractivity contribution in [2.75, 3.05) is 0 Å². The Kier molecular flexibility index (Phi) is 5.12. The molecule has 0 bridgehead atoms. The van der Waals surface area contributed by atoms with E-state index in [1.807, 2.05) is 78.6 Å². The molecule has 0 radical (unpaired) electrons. The van der Waals surface area contributed by atoms with Crippen molar-refractivity contribution < 1.29 is 4.42 Å². The molecule has 0 fully saturated rings. The van der Waals surface area contributed by atoms with E-state index in [0.717, 1.165) is 39.8 Å². The maximum atomic E-state index is 5.85. The van der Waals surface area contributed by atoms with Crippen molar-refractivity contribution in [3.8, 4) is 23.0 Å². The second kappa shape index (κ2) is 8.37. The third kappa shape index (κ3) is 4.15. The predicted octanol–water partition coefficient (Wildman–Crippen LogP) is 3.71. The van der Waals surface area contributed by atoms with Crippen LogP contribution in [-0.2, 0) is 13.1 Å². The van der Waals surface area contributed by atoms with Crippen LogP contribution in [0.25, 0.3) is 23.0 Å². The van der Waals surface area contributed by atoms with E-state index in [-0.39, 0.29) is 0 Å². The molecule has 4 aromatic heterocycles. The monoisotopic (exact) mass is 411 g/mol. The maximum Gasteiger partial charge on any atom is 0.155 e. The number of hydrogen-bond acceptors (Lipinski definition) is 6. The lowest BCUT2D eigenvalue weighted by Gasteiger charge is -2.05. The number of para-hydroxylation sites is 1. The van der Waals surface area contributed by atoms with Crippen LogP contribution in [0.1, 0.15) is 16.9 Å². The van der Waals surface area contributed by atoms with E-state index < -0.39 is 0 Å². The highest BCUT2D eigenvalue weighted by molar-refractivity contribution is 5.57. The number of benzene rings is 1. The van der Waals surface area contributed by atoms with E-state index in [2.05, 4.69) is 20.4 Å². The van der Waals surface area contributed by atoms with Crippen molar-refractivity contribution in [1.29, 1.82) is 0 Å². The minimum Gasteiger partial charge on any atom is -0.460 e. The Hall–Kier alpha value is -4.04. The lowest BCUT2D eigenvalue weighted by atomic mass is 10.2. The Morgan fingerprint density at radius 1 is 0.968 bits per heavy atom. The van der Waals surface area contributed by atoms with Crippen molar-refractivity contribution in [3.63, 3.8) is 0 Å². The van der Waals surface area contributed by atoms with Gasteiger partial charge in [-0.25, -0.2) is 19.3 Å². The number of aromatic nitrogens is 6. The summed E-state index contributed by atoms with van der Waals surface area (Å²) in [5.41, 5.74) is 3.98. The number of pyridine rings is 1. The van der Waals surface area contributed by atoms with Crippen molar-refractivity contribution in [2.24, 2.45) is 0 Å². The first-order chi connectivity index (χ1) is 15.3. The Balaban J connectivity index is 1.33. The second-order valence-corrected chi connectivity index (χ2v) is 7.16. The SMILES string of the molecule is Cc1ccc(-c2nn(-c3ccccc3)cc2CNCc2ccc(-n3cncn3)nc2)o1. The maximum absolute atomic E-state index is 5.85. The third-order valence-electron chi connectivity index (χ3n) is 4.89. The van der Waals surface area contributed by atoms with Gasteiger partial charge in [0.1, 0.15) is 24.1 Å². The van der Waals surface area contributed by atoms with Crippen LogP contribution in [-0.4, -0.2) is 29.5 Å². The fraction of sp³-hybridized carbons (Fsp3) is 0.130. The molecular weight excluding hydrogens is 390 g/mol. The summed E-state index contributed by atoms with van der Waals surface area (Å²) in [6.45, 7) is 3.26. The van der Waals surface area contributed by atoms with Gasteiger partial charge in [-0.15, -0.1) is 0 Å². The van der Waals surface area contributed by atoms with Gasteiger partial charge in [0, 0.05) is 31.0 Å². The van der Waals surface area contributed by atoms with Gasteiger partial charge in [0.25, 0.3) is 0 Å². The number of rotatable bonds is 7. The van der Waals surface area contributed by atoms with Crippen molar-refractivity contribution >= 4 is 0 Å². The van der Waals surface area contributed by atoms with Gasteiger partial charge in [-0.3, -0.25) is 0 Å². The molecule has 4 heterocycles. The molecule has 0 spiro atoms. The summed E-state index contributed by atoms with van der Waals surface area (Å²) < 4.78 is 9.36. The van der Waals surface area contributed by atoms with Crippen LogP contribution in [0, 0.1) is 6.92 Å². The minimum absolute atomic E-state index is 0.646. The number of nitrogens with zero attached hydrogens (tertiary/aromatic N) is 6. The lowest BCUT2D eigenvalue weighted by molar-refractivity contribution is 0.544. The number of furan rings is 1. The molecule has 8 nitrogen and oxygen atoms in total. The summed E-state index contributed by atoms with van der Waals surface area (Å²) in [7, 11) is 0. The zero-order valence-corrected chi connectivity index (χ0v) is 17.0. The molecule has 1 aromatic carbocycles. The predicted molar refractivity (Wildman–Crippen MR) is 116 cm³/mol. The first-order valence-corrected chi connectivity index (χ1v) is 9.98. The Labute approximate surface area is 179 Å². The van der Waals surface area contributed by atoms with Crippen molar-refractivity contribution in [3.05, 3.63) is 96.5 Å². The highest BCUT2D eigenvalue weighted by atomic mass is 16.3. The largest absolute Gasteiger partial charge is 0.460 e.